The smallest absolute Gasteiger partial charge is 0.316 e. The highest BCUT2D eigenvalue weighted by molar-refractivity contribution is 7.91. The number of nitrogens with one attached hydrogen (secondary N) is 1. The molecule has 4 N–H and O–H groups in total. The molecule has 1 rings (SSSR count). The van der Waals surface area contributed by atoms with Gasteiger partial charge in [0.15, 0.2) is 9.84 Å². The minimum atomic E-state index is -3.45. The number of aliphatic hydroxyl groups excluding tert-OH is 1. The number of aliphatic hydroxyl groups is 1. The van der Waals surface area contributed by atoms with Gasteiger partial charge in [0.25, 0.3) is 0 Å². The zero-order valence-electron chi connectivity index (χ0n) is 8.38. The van der Waals surface area contributed by atoms with Crippen LogP contribution in [-0.2, 0) is 9.84 Å². The number of urea groups is 1. The Labute approximate surface area is 93.0 Å². The lowest BCUT2D eigenvalue weighted by molar-refractivity contribution is 0.259. The third kappa shape index (κ3) is 3.21. The van der Waals surface area contributed by atoms with Crippen molar-refractivity contribution in [1.29, 1.82) is 0 Å². The van der Waals surface area contributed by atoms with E-state index in [-0.39, 0.29) is 10.6 Å². The van der Waals surface area contributed by atoms with Crippen LogP contribution in [-0.4, -0.2) is 31.9 Å². The van der Waals surface area contributed by atoms with E-state index >= 15 is 0 Å². The summed E-state index contributed by atoms with van der Waals surface area (Å²) in [7, 11) is -3.45. The number of hydrogen-bond acceptors (Lipinski definition) is 4. The van der Waals surface area contributed by atoms with Gasteiger partial charge in [0.2, 0.25) is 0 Å². The fraction of sp³-hybridized carbons (Fsp3) is 0.222. The molecular formula is C9H12N2O4S. The number of benzene rings is 1. The molecule has 0 saturated carbocycles. The number of nitrogens with two attached hydrogens (primary N) is 1. The van der Waals surface area contributed by atoms with Crippen molar-refractivity contribution < 1.29 is 18.3 Å². The Morgan fingerprint density at radius 2 is 1.88 bits per heavy atom. The summed E-state index contributed by atoms with van der Waals surface area (Å²) in [5, 5.41) is 10.9. The van der Waals surface area contributed by atoms with Gasteiger partial charge in [0.1, 0.15) is 0 Å². The lowest BCUT2D eigenvalue weighted by Crippen LogP contribution is -2.19. The average molecular weight is 244 g/mol. The Kier molecular flexibility index (Phi) is 3.86. The molecule has 0 aliphatic heterocycles. The third-order valence-electron chi connectivity index (χ3n) is 1.84. The molecule has 6 nitrogen and oxygen atoms in total. The second-order valence-corrected chi connectivity index (χ2v) is 5.17. The average Bonchev–Trinajstić information content (AvgIpc) is 2.17. The summed E-state index contributed by atoms with van der Waals surface area (Å²) in [6.45, 7) is -0.427. The Balaban J connectivity index is 2.91. The molecule has 0 aliphatic rings. The van der Waals surface area contributed by atoms with Crippen molar-refractivity contribution in [3.8, 4) is 0 Å². The van der Waals surface area contributed by atoms with E-state index in [1.807, 2.05) is 0 Å². The molecule has 88 valence electrons. The van der Waals surface area contributed by atoms with Gasteiger partial charge in [-0.2, -0.15) is 0 Å². The quantitative estimate of drug-likeness (QED) is 0.689. The van der Waals surface area contributed by atoms with Gasteiger partial charge in [-0.25, -0.2) is 13.2 Å². The monoisotopic (exact) mass is 244 g/mol. The molecular weight excluding hydrogens is 232 g/mol. The SMILES string of the molecule is NC(=O)Nc1ccc(S(=O)(=O)CCO)cc1. The molecule has 0 fully saturated rings. The zero-order chi connectivity index (χ0) is 12.2. The summed E-state index contributed by atoms with van der Waals surface area (Å²) in [4.78, 5) is 10.6. The lowest BCUT2D eigenvalue weighted by Gasteiger charge is -2.04. The molecule has 0 spiro atoms. The summed E-state index contributed by atoms with van der Waals surface area (Å²) >= 11 is 0. The largest absolute Gasteiger partial charge is 0.395 e. The van der Waals surface area contributed by atoms with Crippen molar-refractivity contribution in [2.24, 2.45) is 5.73 Å². The summed E-state index contributed by atoms with van der Waals surface area (Å²) in [5.74, 6) is -0.324. The molecule has 0 heterocycles. The van der Waals surface area contributed by atoms with Gasteiger partial charge in [-0.05, 0) is 24.3 Å². The Morgan fingerprint density at radius 3 is 2.31 bits per heavy atom. The van der Waals surface area contributed by atoms with Gasteiger partial charge in [-0.1, -0.05) is 0 Å². The molecule has 0 unspecified atom stereocenters. The van der Waals surface area contributed by atoms with Gasteiger partial charge >= 0.3 is 6.03 Å². The highest BCUT2D eigenvalue weighted by atomic mass is 32.2. The number of rotatable bonds is 4. The van der Waals surface area contributed by atoms with Crippen LogP contribution < -0.4 is 11.1 Å². The van der Waals surface area contributed by atoms with Gasteiger partial charge < -0.3 is 16.2 Å². The van der Waals surface area contributed by atoms with E-state index in [1.165, 1.54) is 24.3 Å². The van der Waals surface area contributed by atoms with E-state index in [0.717, 1.165) is 0 Å². The number of amides is 2. The molecule has 0 aromatic heterocycles. The summed E-state index contributed by atoms with van der Waals surface area (Å²) in [5.41, 5.74) is 5.31. The van der Waals surface area contributed by atoms with Gasteiger partial charge in [0.05, 0.1) is 17.3 Å². The second kappa shape index (κ2) is 4.95. The second-order valence-electron chi connectivity index (χ2n) is 3.06. The zero-order valence-corrected chi connectivity index (χ0v) is 9.20. The molecule has 2 amide bonds. The number of carbonyl (C=O) groups is 1. The minimum absolute atomic E-state index is 0.0940. The number of hydrogen-bond donors (Lipinski definition) is 3. The van der Waals surface area contributed by atoms with Crippen LogP contribution in [0.2, 0.25) is 0 Å². The normalized spacial score (nSPS) is 11.1. The van der Waals surface area contributed by atoms with Crippen molar-refractivity contribution in [2.45, 2.75) is 4.90 Å². The van der Waals surface area contributed by atoms with Crippen molar-refractivity contribution >= 4 is 21.6 Å². The number of carbonyl (C=O) groups excluding carboxylic acids is 1. The fourth-order valence-corrected chi connectivity index (χ4v) is 2.15. The summed E-state index contributed by atoms with van der Waals surface area (Å²) in [6.07, 6.45) is 0. The first-order valence-electron chi connectivity index (χ1n) is 4.46. The maximum absolute atomic E-state index is 11.5. The molecule has 0 bridgehead atoms. The molecule has 0 atom stereocenters. The molecule has 1 aromatic carbocycles. The molecule has 0 radical (unpaired) electrons. The molecule has 7 heteroatoms. The van der Waals surface area contributed by atoms with Gasteiger partial charge in [-0.3, -0.25) is 0 Å². The first-order chi connectivity index (χ1) is 7.45. The first-order valence-corrected chi connectivity index (χ1v) is 6.11. The van der Waals surface area contributed by atoms with Gasteiger partial charge in [-0.15, -0.1) is 0 Å². The van der Waals surface area contributed by atoms with E-state index in [2.05, 4.69) is 5.32 Å². The van der Waals surface area contributed by atoms with E-state index in [4.69, 9.17) is 10.8 Å². The Morgan fingerprint density at radius 1 is 1.31 bits per heavy atom. The minimum Gasteiger partial charge on any atom is -0.395 e. The highest BCUT2D eigenvalue weighted by Gasteiger charge is 2.13. The topological polar surface area (TPSA) is 109 Å². The summed E-state index contributed by atoms with van der Waals surface area (Å²) in [6, 6.07) is 4.82. The number of sulfone groups is 1. The number of primary amides is 1. The van der Waals surface area contributed by atoms with E-state index in [0.29, 0.717) is 5.69 Å². The van der Waals surface area contributed by atoms with E-state index in [9.17, 15) is 13.2 Å². The highest BCUT2D eigenvalue weighted by Crippen LogP contribution is 2.14. The van der Waals surface area contributed by atoms with Crippen LogP contribution in [0.15, 0.2) is 29.2 Å². The lowest BCUT2D eigenvalue weighted by atomic mass is 10.3. The van der Waals surface area contributed by atoms with Crippen LogP contribution in [0, 0.1) is 0 Å². The van der Waals surface area contributed by atoms with Crippen molar-refractivity contribution in [1.82, 2.24) is 0 Å². The Hall–Kier alpha value is -1.60. The van der Waals surface area contributed by atoms with Crippen molar-refractivity contribution in [3.63, 3.8) is 0 Å². The maximum Gasteiger partial charge on any atom is 0.316 e. The summed E-state index contributed by atoms with van der Waals surface area (Å²) < 4.78 is 23.0. The maximum atomic E-state index is 11.5. The standard InChI is InChI=1S/C9H12N2O4S/c10-9(13)11-7-1-3-8(4-2-7)16(14,15)6-5-12/h1-4,12H,5-6H2,(H3,10,11,13). The van der Waals surface area contributed by atoms with Crippen LogP contribution in [0.3, 0.4) is 0 Å². The Bertz CT molecular complexity index is 467. The van der Waals surface area contributed by atoms with Crippen molar-refractivity contribution in [2.75, 3.05) is 17.7 Å². The van der Waals surface area contributed by atoms with Crippen LogP contribution in [0.25, 0.3) is 0 Å². The van der Waals surface area contributed by atoms with Gasteiger partial charge in [0, 0.05) is 5.69 Å². The third-order valence-corrected chi connectivity index (χ3v) is 3.55. The molecule has 0 aliphatic carbocycles. The van der Waals surface area contributed by atoms with Crippen LogP contribution in [0.1, 0.15) is 0 Å². The fourth-order valence-electron chi connectivity index (χ4n) is 1.13. The molecule has 1 aromatic rings. The molecule has 16 heavy (non-hydrogen) atoms. The van der Waals surface area contributed by atoms with E-state index < -0.39 is 22.5 Å². The predicted molar refractivity (Wildman–Crippen MR) is 58.8 cm³/mol. The van der Waals surface area contributed by atoms with E-state index in [1.54, 1.807) is 0 Å². The first kappa shape index (κ1) is 12.5. The van der Waals surface area contributed by atoms with Crippen LogP contribution in [0.5, 0.6) is 0 Å². The molecule has 0 saturated heterocycles. The predicted octanol–water partition coefficient (Wildman–Crippen LogP) is -0.0568. The number of anilines is 1. The van der Waals surface area contributed by atoms with Crippen LogP contribution in [0.4, 0.5) is 10.5 Å². The van der Waals surface area contributed by atoms with Crippen molar-refractivity contribution in [3.05, 3.63) is 24.3 Å². The van der Waals surface area contributed by atoms with Crippen LogP contribution >= 0.6 is 0 Å².